The Bertz CT molecular complexity index is 658. The maximum absolute atomic E-state index is 12.6. The molecule has 1 aromatic carbocycles. The molecule has 0 aliphatic carbocycles. The molecule has 0 N–H and O–H groups in total. The standard InChI is InChI=1S/C15H23N3O4S/c1-12(19)17-9-10-18(23(20,21)16(2)3)15(11-17)13-5-7-14(22-4)8-6-13/h5-8,15H,9-11H2,1-4H3/t15-/m1/s1. The quantitative estimate of drug-likeness (QED) is 0.809. The first-order chi connectivity index (χ1) is 10.8. The lowest BCUT2D eigenvalue weighted by Gasteiger charge is -2.41. The van der Waals surface area contributed by atoms with E-state index in [1.54, 1.807) is 24.1 Å². The summed E-state index contributed by atoms with van der Waals surface area (Å²) in [6.07, 6.45) is 0. The molecule has 0 saturated carbocycles. The van der Waals surface area contributed by atoms with Gasteiger partial charge in [0.1, 0.15) is 5.75 Å². The largest absolute Gasteiger partial charge is 0.497 e. The van der Waals surface area contributed by atoms with Gasteiger partial charge in [0.05, 0.1) is 13.2 Å². The van der Waals surface area contributed by atoms with Crippen LogP contribution in [-0.4, -0.2) is 68.7 Å². The van der Waals surface area contributed by atoms with Crippen LogP contribution in [0.15, 0.2) is 24.3 Å². The normalized spacial score (nSPS) is 19.9. The summed E-state index contributed by atoms with van der Waals surface area (Å²) in [5.41, 5.74) is 0.835. The van der Waals surface area contributed by atoms with Crippen molar-refractivity contribution in [1.82, 2.24) is 13.5 Å². The van der Waals surface area contributed by atoms with Crippen molar-refractivity contribution in [3.63, 3.8) is 0 Å². The van der Waals surface area contributed by atoms with Crippen LogP contribution < -0.4 is 4.74 Å². The zero-order chi connectivity index (χ0) is 17.2. The van der Waals surface area contributed by atoms with Crippen LogP contribution in [0.25, 0.3) is 0 Å². The number of rotatable bonds is 4. The Kier molecular flexibility index (Phi) is 5.28. The minimum Gasteiger partial charge on any atom is -0.497 e. The number of hydrogen-bond donors (Lipinski definition) is 0. The Hall–Kier alpha value is -1.64. The minimum absolute atomic E-state index is 0.0505. The first-order valence-corrected chi connectivity index (χ1v) is 8.76. The average molecular weight is 341 g/mol. The Balaban J connectivity index is 2.38. The lowest BCUT2D eigenvalue weighted by molar-refractivity contribution is -0.131. The summed E-state index contributed by atoms with van der Waals surface area (Å²) in [4.78, 5) is 13.4. The second-order valence-corrected chi connectivity index (χ2v) is 7.75. The number of benzene rings is 1. The Labute approximate surface area is 137 Å². The summed E-state index contributed by atoms with van der Waals surface area (Å²) < 4.78 is 33.0. The van der Waals surface area contributed by atoms with Crippen LogP contribution in [0.3, 0.4) is 0 Å². The predicted octanol–water partition coefficient (Wildman–Crippen LogP) is 0.707. The third-order valence-electron chi connectivity index (χ3n) is 4.03. The van der Waals surface area contributed by atoms with E-state index in [4.69, 9.17) is 4.74 Å². The molecule has 1 aliphatic rings. The monoisotopic (exact) mass is 341 g/mol. The molecule has 1 amide bonds. The zero-order valence-electron chi connectivity index (χ0n) is 13.9. The number of hydrogen-bond acceptors (Lipinski definition) is 4. The fourth-order valence-electron chi connectivity index (χ4n) is 2.64. The predicted molar refractivity (Wildman–Crippen MR) is 87.3 cm³/mol. The fraction of sp³-hybridized carbons (Fsp3) is 0.533. The Morgan fingerprint density at radius 2 is 1.83 bits per heavy atom. The molecule has 0 aromatic heterocycles. The molecule has 1 aliphatic heterocycles. The van der Waals surface area contributed by atoms with E-state index in [0.29, 0.717) is 18.8 Å². The van der Waals surface area contributed by atoms with Crippen molar-refractivity contribution in [3.05, 3.63) is 29.8 Å². The number of methoxy groups -OCH3 is 1. The molecule has 2 rings (SSSR count). The second-order valence-electron chi connectivity index (χ2n) is 5.65. The zero-order valence-corrected chi connectivity index (χ0v) is 14.7. The van der Waals surface area contributed by atoms with E-state index in [2.05, 4.69) is 0 Å². The van der Waals surface area contributed by atoms with Crippen LogP contribution in [0.1, 0.15) is 18.5 Å². The summed E-state index contributed by atoms with van der Waals surface area (Å²) in [5.74, 6) is 0.653. The van der Waals surface area contributed by atoms with Gasteiger partial charge in [0.2, 0.25) is 5.91 Å². The molecule has 1 fully saturated rings. The van der Waals surface area contributed by atoms with E-state index in [1.165, 1.54) is 29.6 Å². The molecular weight excluding hydrogens is 318 g/mol. The highest BCUT2D eigenvalue weighted by Crippen LogP contribution is 2.30. The number of amides is 1. The molecule has 0 spiro atoms. The number of piperazine rings is 1. The third-order valence-corrected chi connectivity index (χ3v) is 5.99. The lowest BCUT2D eigenvalue weighted by atomic mass is 10.0. The van der Waals surface area contributed by atoms with Crippen LogP contribution in [0.4, 0.5) is 0 Å². The van der Waals surface area contributed by atoms with Crippen molar-refractivity contribution in [2.75, 3.05) is 40.8 Å². The van der Waals surface area contributed by atoms with Crippen molar-refractivity contribution in [1.29, 1.82) is 0 Å². The molecule has 1 heterocycles. The van der Waals surface area contributed by atoms with Crippen LogP contribution in [0.2, 0.25) is 0 Å². The first-order valence-electron chi connectivity index (χ1n) is 7.36. The maximum atomic E-state index is 12.6. The van der Waals surface area contributed by atoms with E-state index in [1.807, 2.05) is 12.1 Å². The molecule has 0 bridgehead atoms. The van der Waals surface area contributed by atoms with Gasteiger partial charge >= 0.3 is 0 Å². The third kappa shape index (κ3) is 3.65. The fourth-order valence-corrected chi connectivity index (χ4v) is 3.88. The van der Waals surface area contributed by atoms with Crippen LogP contribution >= 0.6 is 0 Å². The van der Waals surface area contributed by atoms with Gasteiger partial charge in [-0.2, -0.15) is 17.0 Å². The van der Waals surface area contributed by atoms with Gasteiger partial charge in [0.25, 0.3) is 10.2 Å². The van der Waals surface area contributed by atoms with Gasteiger partial charge in [-0.3, -0.25) is 4.79 Å². The molecule has 0 unspecified atom stereocenters. The minimum atomic E-state index is -3.56. The van der Waals surface area contributed by atoms with Crippen LogP contribution in [0.5, 0.6) is 5.75 Å². The molecule has 1 saturated heterocycles. The molecule has 128 valence electrons. The summed E-state index contributed by atoms with van der Waals surface area (Å²) in [7, 11) is 1.04. The van der Waals surface area contributed by atoms with Crippen LogP contribution in [-0.2, 0) is 15.0 Å². The maximum Gasteiger partial charge on any atom is 0.282 e. The SMILES string of the molecule is COc1ccc([C@H]2CN(C(C)=O)CCN2S(=O)(=O)N(C)C)cc1. The summed E-state index contributed by atoms with van der Waals surface area (Å²) >= 11 is 0. The van der Waals surface area contributed by atoms with E-state index in [0.717, 1.165) is 5.56 Å². The van der Waals surface area contributed by atoms with E-state index in [9.17, 15) is 13.2 Å². The first kappa shape index (κ1) is 17.7. The number of ether oxygens (including phenoxy) is 1. The van der Waals surface area contributed by atoms with Gasteiger partial charge in [-0.25, -0.2) is 0 Å². The van der Waals surface area contributed by atoms with Crippen molar-refractivity contribution < 1.29 is 17.9 Å². The molecular formula is C15H23N3O4S. The van der Waals surface area contributed by atoms with Gasteiger partial charge in [-0.15, -0.1) is 0 Å². The smallest absolute Gasteiger partial charge is 0.282 e. The summed E-state index contributed by atoms with van der Waals surface area (Å²) in [6.45, 7) is 2.52. The van der Waals surface area contributed by atoms with Crippen molar-refractivity contribution >= 4 is 16.1 Å². The molecule has 0 radical (unpaired) electrons. The van der Waals surface area contributed by atoms with Crippen molar-refractivity contribution in [2.24, 2.45) is 0 Å². The van der Waals surface area contributed by atoms with E-state index < -0.39 is 16.3 Å². The molecule has 1 aromatic rings. The van der Waals surface area contributed by atoms with Crippen molar-refractivity contribution in [2.45, 2.75) is 13.0 Å². The van der Waals surface area contributed by atoms with Gasteiger partial charge in [0, 0.05) is 40.7 Å². The highest BCUT2D eigenvalue weighted by molar-refractivity contribution is 7.86. The number of carbonyl (C=O) groups excluding carboxylic acids is 1. The van der Waals surface area contributed by atoms with Gasteiger partial charge in [0.15, 0.2) is 0 Å². The van der Waals surface area contributed by atoms with Gasteiger partial charge in [-0.05, 0) is 17.7 Å². The number of nitrogens with zero attached hydrogens (tertiary/aromatic N) is 3. The second kappa shape index (κ2) is 6.86. The Morgan fingerprint density at radius 3 is 2.30 bits per heavy atom. The Morgan fingerprint density at radius 1 is 1.22 bits per heavy atom. The van der Waals surface area contributed by atoms with Gasteiger partial charge in [-0.1, -0.05) is 12.1 Å². The van der Waals surface area contributed by atoms with Crippen LogP contribution in [0, 0.1) is 0 Å². The summed E-state index contributed by atoms with van der Waals surface area (Å²) in [5, 5.41) is 0. The number of carbonyl (C=O) groups is 1. The van der Waals surface area contributed by atoms with E-state index in [-0.39, 0.29) is 12.5 Å². The highest BCUT2D eigenvalue weighted by atomic mass is 32.2. The van der Waals surface area contributed by atoms with Crippen molar-refractivity contribution in [3.8, 4) is 5.75 Å². The molecule has 7 nitrogen and oxygen atoms in total. The lowest BCUT2D eigenvalue weighted by Crippen LogP contribution is -2.54. The molecule has 23 heavy (non-hydrogen) atoms. The molecule has 8 heteroatoms. The molecule has 1 atom stereocenters. The topological polar surface area (TPSA) is 70.2 Å². The summed E-state index contributed by atoms with van der Waals surface area (Å²) in [6, 6.07) is 6.85. The van der Waals surface area contributed by atoms with Gasteiger partial charge < -0.3 is 9.64 Å². The highest BCUT2D eigenvalue weighted by Gasteiger charge is 2.37. The van der Waals surface area contributed by atoms with E-state index >= 15 is 0 Å². The average Bonchev–Trinajstić information content (AvgIpc) is 2.54.